The van der Waals surface area contributed by atoms with Gasteiger partial charge in [0.15, 0.2) is 0 Å². The molecule has 0 radical (unpaired) electrons. The molecule has 4 atom stereocenters. The Hall–Kier alpha value is -1.86. The van der Waals surface area contributed by atoms with Crippen LogP contribution < -0.4 is 0 Å². The van der Waals surface area contributed by atoms with Crippen LogP contribution in [0.4, 0.5) is 0 Å². The summed E-state index contributed by atoms with van der Waals surface area (Å²) in [5.74, 6) is 1.04. The maximum Gasteiger partial charge on any atom is 0.0714 e. The molecular formula is C24H28Si. The van der Waals surface area contributed by atoms with Crippen molar-refractivity contribution in [2.75, 3.05) is 0 Å². The molecule has 0 aromatic rings. The Morgan fingerprint density at radius 1 is 0.560 bits per heavy atom. The van der Waals surface area contributed by atoms with Crippen molar-refractivity contribution in [3.05, 3.63) is 95.2 Å². The summed E-state index contributed by atoms with van der Waals surface area (Å²) in [4.78, 5) is 0. The van der Waals surface area contributed by atoms with Gasteiger partial charge >= 0.3 is 0 Å². The lowest BCUT2D eigenvalue weighted by molar-refractivity contribution is 0.882. The maximum absolute atomic E-state index is 2.58. The molecule has 0 saturated heterocycles. The van der Waals surface area contributed by atoms with Gasteiger partial charge in [0.2, 0.25) is 0 Å². The predicted octanol–water partition coefficient (Wildman–Crippen LogP) is 6.69. The molecule has 0 N–H and O–H groups in total. The van der Waals surface area contributed by atoms with Crippen molar-refractivity contribution in [2.45, 2.75) is 38.0 Å². The number of allylic oxidation sites excluding steroid dienone is 16. The number of hydrogen-bond acceptors (Lipinski definition) is 0. The van der Waals surface area contributed by atoms with Crippen LogP contribution in [0.25, 0.3) is 0 Å². The Morgan fingerprint density at radius 3 is 1.44 bits per heavy atom. The summed E-state index contributed by atoms with van der Waals surface area (Å²) in [6.45, 7) is 9.79. The minimum absolute atomic E-state index is 0.520. The molecule has 4 rings (SSSR count). The molecule has 0 aromatic heterocycles. The SMILES string of the molecule is CC1C=CC=CC2=C1C=CC2[Si](C)(C)C1C=CC2=C1C=CC=CC2C. The summed E-state index contributed by atoms with van der Waals surface area (Å²) < 4.78 is 0. The van der Waals surface area contributed by atoms with Gasteiger partial charge in [0.25, 0.3) is 0 Å². The van der Waals surface area contributed by atoms with Gasteiger partial charge in [0, 0.05) is 0 Å². The van der Waals surface area contributed by atoms with Gasteiger partial charge in [-0.15, -0.1) is 0 Å². The molecule has 0 saturated carbocycles. The molecule has 0 bridgehead atoms. The Bertz CT molecular complexity index is 752. The monoisotopic (exact) mass is 344 g/mol. The zero-order valence-corrected chi connectivity index (χ0v) is 16.7. The lowest BCUT2D eigenvalue weighted by Crippen LogP contribution is -2.37. The highest BCUT2D eigenvalue weighted by Crippen LogP contribution is 2.52. The van der Waals surface area contributed by atoms with Gasteiger partial charge < -0.3 is 0 Å². The lowest BCUT2D eigenvalue weighted by Gasteiger charge is -2.36. The highest BCUT2D eigenvalue weighted by Gasteiger charge is 2.44. The first kappa shape index (κ1) is 16.6. The Balaban J connectivity index is 1.72. The van der Waals surface area contributed by atoms with Crippen LogP contribution >= 0.6 is 0 Å². The van der Waals surface area contributed by atoms with Gasteiger partial charge in [-0.05, 0) is 45.2 Å². The minimum atomic E-state index is -1.61. The van der Waals surface area contributed by atoms with Crippen molar-refractivity contribution in [3.8, 4) is 0 Å². The molecule has 25 heavy (non-hydrogen) atoms. The van der Waals surface area contributed by atoms with E-state index in [0.717, 1.165) is 0 Å². The van der Waals surface area contributed by atoms with Crippen LogP contribution in [0.3, 0.4) is 0 Å². The second-order valence-electron chi connectivity index (χ2n) is 8.38. The maximum atomic E-state index is 2.58. The van der Waals surface area contributed by atoms with Crippen LogP contribution in [-0.4, -0.2) is 8.07 Å². The first-order valence-electron chi connectivity index (χ1n) is 9.54. The summed E-state index contributed by atoms with van der Waals surface area (Å²) in [5.41, 5.74) is 7.39. The molecule has 0 heterocycles. The van der Waals surface area contributed by atoms with E-state index in [1.807, 2.05) is 0 Å². The van der Waals surface area contributed by atoms with Crippen LogP contribution in [0.2, 0.25) is 24.2 Å². The smallest absolute Gasteiger partial charge is 0.0714 e. The van der Waals surface area contributed by atoms with Gasteiger partial charge in [-0.3, -0.25) is 0 Å². The molecule has 0 amide bonds. The van der Waals surface area contributed by atoms with E-state index in [4.69, 9.17) is 0 Å². The molecule has 0 spiro atoms. The first-order valence-corrected chi connectivity index (χ1v) is 12.7. The Morgan fingerprint density at radius 2 is 1.00 bits per heavy atom. The Kier molecular flexibility index (Phi) is 4.08. The largest absolute Gasteiger partial charge is 0.0794 e. The fraction of sp³-hybridized carbons (Fsp3) is 0.333. The van der Waals surface area contributed by atoms with Gasteiger partial charge in [-0.25, -0.2) is 0 Å². The third kappa shape index (κ3) is 2.66. The molecule has 0 fully saturated rings. The quantitative estimate of drug-likeness (QED) is 0.489. The van der Waals surface area contributed by atoms with Crippen LogP contribution in [0.1, 0.15) is 13.8 Å². The second kappa shape index (κ2) is 6.14. The van der Waals surface area contributed by atoms with Crippen LogP contribution in [0.5, 0.6) is 0 Å². The third-order valence-corrected chi connectivity index (χ3v) is 10.6. The van der Waals surface area contributed by atoms with Crippen LogP contribution in [-0.2, 0) is 0 Å². The lowest BCUT2D eigenvalue weighted by atomic mass is 9.99. The Labute approximate surface area is 153 Å². The number of hydrogen-bond donors (Lipinski definition) is 0. The fourth-order valence-corrected chi connectivity index (χ4v) is 8.57. The van der Waals surface area contributed by atoms with Crippen molar-refractivity contribution >= 4 is 8.07 Å². The standard InChI is InChI=1S/C24H28Si/c1-17-9-5-7-11-21-19(17)13-15-23(21)25(3,4)24-16-14-20-18(2)10-6-8-12-22(20)24/h5-18,23-24H,1-4H3. The average Bonchev–Trinajstić information content (AvgIpc) is 3.11. The van der Waals surface area contributed by atoms with Gasteiger partial charge in [-0.2, -0.15) is 0 Å². The zero-order chi connectivity index (χ0) is 17.6. The highest BCUT2D eigenvalue weighted by atomic mass is 28.3. The predicted molar refractivity (Wildman–Crippen MR) is 112 cm³/mol. The normalized spacial score (nSPS) is 33.1. The summed E-state index contributed by atoms with van der Waals surface area (Å²) in [6, 6.07) is 0. The van der Waals surface area contributed by atoms with Gasteiger partial charge in [0.05, 0.1) is 8.07 Å². The first-order chi connectivity index (χ1) is 12.0. The topological polar surface area (TPSA) is 0 Å². The van der Waals surface area contributed by atoms with E-state index in [0.29, 0.717) is 22.9 Å². The fourth-order valence-electron chi connectivity index (χ4n) is 4.87. The van der Waals surface area contributed by atoms with E-state index in [-0.39, 0.29) is 0 Å². The van der Waals surface area contributed by atoms with Crippen LogP contribution in [0.15, 0.2) is 95.2 Å². The highest BCUT2D eigenvalue weighted by molar-refractivity contribution is 6.82. The van der Waals surface area contributed by atoms with Crippen molar-refractivity contribution in [2.24, 2.45) is 11.8 Å². The zero-order valence-electron chi connectivity index (χ0n) is 15.7. The third-order valence-electron chi connectivity index (χ3n) is 6.43. The molecular weight excluding hydrogens is 316 g/mol. The van der Waals surface area contributed by atoms with Crippen LogP contribution in [0, 0.1) is 11.8 Å². The molecule has 4 aliphatic rings. The average molecular weight is 345 g/mol. The molecule has 4 unspecified atom stereocenters. The van der Waals surface area contributed by atoms with Crippen molar-refractivity contribution in [3.63, 3.8) is 0 Å². The summed E-state index contributed by atoms with van der Waals surface area (Å²) >= 11 is 0. The molecule has 0 aliphatic heterocycles. The van der Waals surface area contributed by atoms with Crippen molar-refractivity contribution < 1.29 is 0 Å². The molecule has 4 aliphatic carbocycles. The van der Waals surface area contributed by atoms with Crippen molar-refractivity contribution in [1.82, 2.24) is 0 Å². The van der Waals surface area contributed by atoms with E-state index < -0.39 is 8.07 Å². The van der Waals surface area contributed by atoms with Crippen molar-refractivity contribution in [1.29, 1.82) is 0 Å². The summed E-state index contributed by atoms with van der Waals surface area (Å²) in [5, 5.41) is 0. The minimum Gasteiger partial charge on any atom is -0.0794 e. The molecule has 128 valence electrons. The summed E-state index contributed by atoms with van der Waals surface area (Å²) in [7, 11) is -1.61. The number of rotatable bonds is 2. The van der Waals surface area contributed by atoms with E-state index >= 15 is 0 Å². The molecule has 0 nitrogen and oxygen atoms in total. The summed E-state index contributed by atoms with van der Waals surface area (Å²) in [6.07, 6.45) is 28.1. The van der Waals surface area contributed by atoms with E-state index in [9.17, 15) is 0 Å². The van der Waals surface area contributed by atoms with Gasteiger partial charge in [-0.1, -0.05) is 99.9 Å². The van der Waals surface area contributed by atoms with Gasteiger partial charge in [0.1, 0.15) is 0 Å². The van der Waals surface area contributed by atoms with E-state index in [2.05, 4.69) is 99.9 Å². The molecule has 0 aromatic carbocycles. The second-order valence-corrected chi connectivity index (χ2v) is 13.3. The van der Waals surface area contributed by atoms with E-state index in [1.54, 1.807) is 11.1 Å². The molecule has 1 heteroatoms. The van der Waals surface area contributed by atoms with E-state index in [1.165, 1.54) is 11.1 Å².